The van der Waals surface area contributed by atoms with Gasteiger partial charge in [-0.25, -0.2) is 0 Å². The van der Waals surface area contributed by atoms with Crippen molar-refractivity contribution >= 4 is 5.91 Å². The van der Waals surface area contributed by atoms with Crippen molar-refractivity contribution in [2.75, 3.05) is 13.6 Å². The minimum absolute atomic E-state index is 0.0363. The number of carbonyl (C=O) groups excluding carboxylic acids is 1. The summed E-state index contributed by atoms with van der Waals surface area (Å²) in [4.78, 5) is 18.5. The van der Waals surface area contributed by atoms with Crippen molar-refractivity contribution in [1.82, 2.24) is 15.2 Å². The lowest BCUT2D eigenvalue weighted by Crippen LogP contribution is -2.44. The van der Waals surface area contributed by atoms with Crippen molar-refractivity contribution in [1.29, 1.82) is 0 Å². The Hall–Kier alpha value is -1.42. The summed E-state index contributed by atoms with van der Waals surface area (Å²) in [5.41, 5.74) is 1.08. The SMILES string of the molecule is CN(Cc1cccnc1)C(=O)C1NCC2CCCC21. The standard InChI is InChI=1S/C15H21N3O/c1-18(10-11-4-3-7-16-8-11)15(19)14-13-6-2-5-12(13)9-17-14/h3-4,7-8,12-14,17H,2,5-6,9-10H2,1H3. The summed E-state index contributed by atoms with van der Waals surface area (Å²) in [5, 5.41) is 3.42. The van der Waals surface area contributed by atoms with E-state index < -0.39 is 0 Å². The van der Waals surface area contributed by atoms with E-state index >= 15 is 0 Å². The Balaban J connectivity index is 1.63. The number of rotatable bonds is 3. The van der Waals surface area contributed by atoms with E-state index in [1.165, 1.54) is 19.3 Å². The quantitative estimate of drug-likeness (QED) is 0.893. The van der Waals surface area contributed by atoms with Crippen LogP contribution in [0.3, 0.4) is 0 Å². The van der Waals surface area contributed by atoms with E-state index in [0.717, 1.165) is 18.0 Å². The number of fused-ring (bicyclic) bond motifs is 1. The van der Waals surface area contributed by atoms with Gasteiger partial charge in [0.2, 0.25) is 5.91 Å². The molecule has 1 saturated carbocycles. The molecule has 2 fully saturated rings. The second kappa shape index (κ2) is 5.29. The summed E-state index contributed by atoms with van der Waals surface area (Å²) >= 11 is 0. The van der Waals surface area contributed by atoms with Gasteiger partial charge in [-0.3, -0.25) is 9.78 Å². The molecule has 0 bridgehead atoms. The monoisotopic (exact) mass is 259 g/mol. The first-order valence-electron chi connectivity index (χ1n) is 7.13. The average Bonchev–Trinajstić information content (AvgIpc) is 3.01. The fraction of sp³-hybridized carbons (Fsp3) is 0.600. The molecule has 1 amide bonds. The molecule has 102 valence electrons. The minimum Gasteiger partial charge on any atom is -0.340 e. The Morgan fingerprint density at radius 2 is 2.42 bits per heavy atom. The Bertz CT molecular complexity index is 448. The third kappa shape index (κ3) is 2.50. The lowest BCUT2D eigenvalue weighted by atomic mass is 9.93. The smallest absolute Gasteiger partial charge is 0.240 e. The Morgan fingerprint density at radius 1 is 1.53 bits per heavy atom. The molecule has 3 atom stereocenters. The predicted octanol–water partition coefficient (Wildman–Crippen LogP) is 1.43. The minimum atomic E-state index is 0.0363. The number of aromatic nitrogens is 1. The second-order valence-electron chi connectivity index (χ2n) is 5.80. The van der Waals surface area contributed by atoms with Gasteiger partial charge in [-0.1, -0.05) is 12.5 Å². The van der Waals surface area contributed by atoms with Gasteiger partial charge in [0.1, 0.15) is 0 Å². The van der Waals surface area contributed by atoms with Crippen molar-refractivity contribution in [2.45, 2.75) is 31.8 Å². The molecule has 1 aromatic rings. The highest BCUT2D eigenvalue weighted by Crippen LogP contribution is 2.38. The molecule has 1 saturated heterocycles. The van der Waals surface area contributed by atoms with Crippen LogP contribution in [0.15, 0.2) is 24.5 Å². The van der Waals surface area contributed by atoms with Crippen molar-refractivity contribution < 1.29 is 4.79 Å². The maximum atomic E-state index is 12.5. The Labute approximate surface area is 114 Å². The highest BCUT2D eigenvalue weighted by Gasteiger charge is 2.43. The zero-order valence-electron chi connectivity index (χ0n) is 11.4. The largest absolute Gasteiger partial charge is 0.340 e. The van der Waals surface area contributed by atoms with Crippen LogP contribution in [0.5, 0.6) is 0 Å². The summed E-state index contributed by atoms with van der Waals surface area (Å²) < 4.78 is 0. The first-order valence-corrected chi connectivity index (χ1v) is 7.13. The molecule has 19 heavy (non-hydrogen) atoms. The molecule has 1 aromatic heterocycles. The number of likely N-dealkylation sites (N-methyl/N-ethyl adjacent to an activating group) is 1. The predicted molar refractivity (Wildman–Crippen MR) is 73.3 cm³/mol. The van der Waals surface area contributed by atoms with Crippen LogP contribution in [0, 0.1) is 11.8 Å². The van der Waals surface area contributed by atoms with E-state index in [1.54, 1.807) is 6.20 Å². The number of hydrogen-bond donors (Lipinski definition) is 1. The van der Waals surface area contributed by atoms with E-state index in [-0.39, 0.29) is 11.9 Å². The summed E-state index contributed by atoms with van der Waals surface area (Å²) in [6.45, 7) is 1.66. The van der Waals surface area contributed by atoms with Gasteiger partial charge in [-0.05, 0) is 42.9 Å². The van der Waals surface area contributed by atoms with Crippen molar-refractivity contribution in [2.24, 2.45) is 11.8 Å². The molecular formula is C15H21N3O. The molecule has 2 aliphatic rings. The van der Waals surface area contributed by atoms with Crippen LogP contribution in [0.1, 0.15) is 24.8 Å². The molecule has 4 heteroatoms. The molecule has 2 heterocycles. The number of nitrogens with zero attached hydrogens (tertiary/aromatic N) is 2. The zero-order chi connectivity index (χ0) is 13.2. The highest BCUT2D eigenvalue weighted by atomic mass is 16.2. The summed E-state index contributed by atoms with van der Waals surface area (Å²) in [7, 11) is 1.89. The average molecular weight is 259 g/mol. The van der Waals surface area contributed by atoms with Gasteiger partial charge in [0.05, 0.1) is 6.04 Å². The maximum absolute atomic E-state index is 12.5. The van der Waals surface area contributed by atoms with Crippen LogP contribution in [0.25, 0.3) is 0 Å². The Morgan fingerprint density at radius 3 is 3.21 bits per heavy atom. The van der Waals surface area contributed by atoms with Crippen molar-refractivity contribution in [3.05, 3.63) is 30.1 Å². The van der Waals surface area contributed by atoms with E-state index in [1.807, 2.05) is 30.3 Å². The first-order chi connectivity index (χ1) is 9.25. The van der Waals surface area contributed by atoms with Crippen molar-refractivity contribution in [3.8, 4) is 0 Å². The number of carbonyl (C=O) groups is 1. The third-order valence-electron chi connectivity index (χ3n) is 4.53. The lowest BCUT2D eigenvalue weighted by molar-refractivity contribution is -0.133. The zero-order valence-corrected chi connectivity index (χ0v) is 11.4. The van der Waals surface area contributed by atoms with Crippen LogP contribution in [-0.4, -0.2) is 35.4 Å². The van der Waals surface area contributed by atoms with Gasteiger partial charge in [-0.2, -0.15) is 0 Å². The fourth-order valence-corrected chi connectivity index (χ4v) is 3.54. The first kappa shape index (κ1) is 12.6. The van der Waals surface area contributed by atoms with Gasteiger partial charge in [0.25, 0.3) is 0 Å². The summed E-state index contributed by atoms with van der Waals surface area (Å²) in [5.74, 6) is 1.52. The molecule has 3 unspecified atom stereocenters. The molecule has 3 rings (SSSR count). The molecule has 1 N–H and O–H groups in total. The summed E-state index contributed by atoms with van der Waals surface area (Å²) in [6.07, 6.45) is 7.35. The van der Waals surface area contributed by atoms with Gasteiger partial charge >= 0.3 is 0 Å². The normalized spacial score (nSPS) is 29.2. The van der Waals surface area contributed by atoms with Gasteiger partial charge in [0, 0.05) is 26.0 Å². The fourth-order valence-electron chi connectivity index (χ4n) is 3.54. The summed E-state index contributed by atoms with van der Waals surface area (Å²) in [6, 6.07) is 3.96. The molecule has 1 aliphatic heterocycles. The lowest BCUT2D eigenvalue weighted by Gasteiger charge is -2.24. The van der Waals surface area contributed by atoms with Gasteiger partial charge in [-0.15, -0.1) is 0 Å². The van der Waals surface area contributed by atoms with E-state index in [0.29, 0.717) is 12.5 Å². The van der Waals surface area contributed by atoms with Crippen LogP contribution in [0.4, 0.5) is 0 Å². The van der Waals surface area contributed by atoms with E-state index in [2.05, 4.69) is 10.3 Å². The van der Waals surface area contributed by atoms with Gasteiger partial charge < -0.3 is 10.2 Å². The molecule has 4 nitrogen and oxygen atoms in total. The third-order valence-corrected chi connectivity index (χ3v) is 4.53. The van der Waals surface area contributed by atoms with Crippen molar-refractivity contribution in [3.63, 3.8) is 0 Å². The Kier molecular flexibility index (Phi) is 3.51. The number of pyridine rings is 1. The van der Waals surface area contributed by atoms with Crippen LogP contribution in [-0.2, 0) is 11.3 Å². The van der Waals surface area contributed by atoms with Gasteiger partial charge in [0.15, 0.2) is 0 Å². The van der Waals surface area contributed by atoms with Crippen LogP contribution < -0.4 is 5.32 Å². The molecule has 0 radical (unpaired) electrons. The second-order valence-corrected chi connectivity index (χ2v) is 5.80. The number of amides is 1. The topological polar surface area (TPSA) is 45.2 Å². The molecule has 0 spiro atoms. The molecule has 1 aliphatic carbocycles. The molecule has 0 aromatic carbocycles. The number of nitrogens with one attached hydrogen (secondary N) is 1. The highest BCUT2D eigenvalue weighted by molar-refractivity contribution is 5.82. The molecular weight excluding hydrogens is 238 g/mol. The maximum Gasteiger partial charge on any atom is 0.240 e. The van der Waals surface area contributed by atoms with Crippen LogP contribution >= 0.6 is 0 Å². The van der Waals surface area contributed by atoms with Crippen LogP contribution in [0.2, 0.25) is 0 Å². The van der Waals surface area contributed by atoms with E-state index in [4.69, 9.17) is 0 Å². The van der Waals surface area contributed by atoms with E-state index in [9.17, 15) is 4.79 Å². The number of hydrogen-bond acceptors (Lipinski definition) is 3.